The SMILES string of the molecule is CCC.CCN(CCNC(=O)OC)Cc1ccncc1. The van der Waals surface area contributed by atoms with Gasteiger partial charge in [0.15, 0.2) is 0 Å². The van der Waals surface area contributed by atoms with Crippen LogP contribution in [-0.4, -0.2) is 42.7 Å². The predicted octanol–water partition coefficient (Wildman–Crippen LogP) is 2.68. The molecule has 0 saturated carbocycles. The molecule has 0 aliphatic heterocycles. The van der Waals surface area contributed by atoms with Gasteiger partial charge in [0.25, 0.3) is 0 Å². The first-order valence-corrected chi connectivity index (χ1v) is 7.10. The Balaban J connectivity index is 0.00000110. The van der Waals surface area contributed by atoms with Crippen molar-refractivity contribution in [2.75, 3.05) is 26.7 Å². The third kappa shape index (κ3) is 9.33. The Bertz CT molecular complexity index is 344. The maximum Gasteiger partial charge on any atom is 0.406 e. The van der Waals surface area contributed by atoms with Crippen LogP contribution in [-0.2, 0) is 11.3 Å². The summed E-state index contributed by atoms with van der Waals surface area (Å²) >= 11 is 0. The van der Waals surface area contributed by atoms with Gasteiger partial charge in [0.05, 0.1) is 7.11 Å². The summed E-state index contributed by atoms with van der Waals surface area (Å²) in [6.07, 6.45) is 4.44. The minimum atomic E-state index is -0.384. The van der Waals surface area contributed by atoms with E-state index < -0.39 is 0 Å². The van der Waals surface area contributed by atoms with Gasteiger partial charge in [-0.25, -0.2) is 4.79 Å². The van der Waals surface area contributed by atoms with E-state index in [0.29, 0.717) is 6.54 Å². The first-order chi connectivity index (χ1) is 9.67. The summed E-state index contributed by atoms with van der Waals surface area (Å²) in [6, 6.07) is 3.99. The van der Waals surface area contributed by atoms with Gasteiger partial charge in [0.1, 0.15) is 0 Å². The maximum absolute atomic E-state index is 10.9. The average Bonchev–Trinajstić information content (AvgIpc) is 2.47. The molecule has 0 saturated heterocycles. The molecule has 1 heterocycles. The molecule has 0 fully saturated rings. The number of nitrogens with one attached hydrogen (secondary N) is 1. The highest BCUT2D eigenvalue weighted by Crippen LogP contribution is 2.01. The Morgan fingerprint density at radius 2 is 1.90 bits per heavy atom. The van der Waals surface area contributed by atoms with Crippen molar-refractivity contribution in [1.82, 2.24) is 15.2 Å². The fourth-order valence-electron chi connectivity index (χ4n) is 1.48. The first kappa shape index (κ1) is 18.4. The number of methoxy groups -OCH3 is 1. The van der Waals surface area contributed by atoms with E-state index >= 15 is 0 Å². The van der Waals surface area contributed by atoms with Crippen LogP contribution in [0.2, 0.25) is 0 Å². The van der Waals surface area contributed by atoms with Gasteiger partial charge in [0, 0.05) is 32.0 Å². The Morgan fingerprint density at radius 1 is 1.30 bits per heavy atom. The summed E-state index contributed by atoms with van der Waals surface area (Å²) in [6.45, 7) is 9.53. The van der Waals surface area contributed by atoms with Gasteiger partial charge >= 0.3 is 6.09 Å². The molecule has 0 radical (unpaired) electrons. The largest absolute Gasteiger partial charge is 0.453 e. The van der Waals surface area contributed by atoms with Gasteiger partial charge in [-0.1, -0.05) is 27.2 Å². The van der Waals surface area contributed by atoms with Gasteiger partial charge in [-0.3, -0.25) is 9.88 Å². The fourth-order valence-corrected chi connectivity index (χ4v) is 1.48. The van der Waals surface area contributed by atoms with Crippen LogP contribution in [0.25, 0.3) is 0 Å². The van der Waals surface area contributed by atoms with E-state index in [1.54, 1.807) is 12.4 Å². The van der Waals surface area contributed by atoms with Crippen molar-refractivity contribution >= 4 is 6.09 Å². The predicted molar refractivity (Wildman–Crippen MR) is 81.6 cm³/mol. The summed E-state index contributed by atoms with van der Waals surface area (Å²) in [5, 5.41) is 2.67. The van der Waals surface area contributed by atoms with Crippen LogP contribution < -0.4 is 5.32 Å². The first-order valence-electron chi connectivity index (χ1n) is 7.10. The molecule has 114 valence electrons. The van der Waals surface area contributed by atoms with E-state index in [9.17, 15) is 4.79 Å². The molecule has 5 heteroatoms. The molecule has 0 unspecified atom stereocenters. The lowest BCUT2D eigenvalue weighted by Crippen LogP contribution is -2.34. The summed E-state index contributed by atoms with van der Waals surface area (Å²) in [5.74, 6) is 0. The molecule has 0 atom stereocenters. The van der Waals surface area contributed by atoms with Crippen LogP contribution >= 0.6 is 0 Å². The minimum absolute atomic E-state index is 0.384. The molecule has 1 N–H and O–H groups in total. The van der Waals surface area contributed by atoms with E-state index in [-0.39, 0.29) is 6.09 Å². The zero-order valence-corrected chi connectivity index (χ0v) is 13.1. The normalized spacial score (nSPS) is 9.65. The van der Waals surface area contributed by atoms with Crippen LogP contribution in [0.4, 0.5) is 4.79 Å². The zero-order chi connectivity index (χ0) is 15.2. The Hall–Kier alpha value is -1.62. The highest BCUT2D eigenvalue weighted by Gasteiger charge is 2.04. The molecule has 0 aliphatic carbocycles. The van der Waals surface area contributed by atoms with Gasteiger partial charge in [-0.2, -0.15) is 0 Å². The van der Waals surface area contributed by atoms with Crippen molar-refractivity contribution < 1.29 is 9.53 Å². The van der Waals surface area contributed by atoms with Crippen LogP contribution in [0, 0.1) is 0 Å². The highest BCUT2D eigenvalue weighted by molar-refractivity contribution is 5.66. The molecule has 5 nitrogen and oxygen atoms in total. The molecule has 0 bridgehead atoms. The third-order valence-corrected chi connectivity index (χ3v) is 2.49. The molecule has 1 aromatic rings. The minimum Gasteiger partial charge on any atom is -0.453 e. The Morgan fingerprint density at radius 3 is 2.40 bits per heavy atom. The standard InChI is InChI=1S/C12H19N3O2.C3H8/c1-3-15(9-8-14-12(16)17-2)10-11-4-6-13-7-5-11;1-3-2/h4-7H,3,8-10H2,1-2H3,(H,14,16);3H2,1-2H3. The quantitative estimate of drug-likeness (QED) is 0.871. The number of hydrogen-bond donors (Lipinski definition) is 1. The Kier molecular flexibility index (Phi) is 11.4. The zero-order valence-electron chi connectivity index (χ0n) is 13.1. The number of carbonyl (C=O) groups excluding carboxylic acids is 1. The van der Waals surface area contributed by atoms with Gasteiger partial charge < -0.3 is 10.1 Å². The number of pyridine rings is 1. The lowest BCUT2D eigenvalue weighted by molar-refractivity contribution is 0.168. The number of nitrogens with zero attached hydrogens (tertiary/aromatic N) is 2. The molecular formula is C15H27N3O2. The molecule has 0 spiro atoms. The van der Waals surface area contributed by atoms with Gasteiger partial charge in [0.2, 0.25) is 0 Å². The smallest absolute Gasteiger partial charge is 0.406 e. The molecule has 0 aromatic carbocycles. The topological polar surface area (TPSA) is 54.5 Å². The van der Waals surface area contributed by atoms with Crippen LogP contribution in [0.3, 0.4) is 0 Å². The summed E-state index contributed by atoms with van der Waals surface area (Å²) in [4.78, 5) is 17.1. The van der Waals surface area contributed by atoms with Crippen molar-refractivity contribution in [3.8, 4) is 0 Å². The van der Waals surface area contributed by atoms with E-state index in [0.717, 1.165) is 19.6 Å². The lowest BCUT2D eigenvalue weighted by Gasteiger charge is -2.20. The van der Waals surface area contributed by atoms with E-state index in [1.165, 1.54) is 19.1 Å². The van der Waals surface area contributed by atoms with Gasteiger partial charge in [-0.15, -0.1) is 0 Å². The van der Waals surface area contributed by atoms with E-state index in [4.69, 9.17) is 0 Å². The van der Waals surface area contributed by atoms with E-state index in [2.05, 4.69) is 40.7 Å². The summed E-state index contributed by atoms with van der Waals surface area (Å²) in [7, 11) is 1.36. The van der Waals surface area contributed by atoms with Crippen molar-refractivity contribution in [1.29, 1.82) is 0 Å². The number of carbonyl (C=O) groups is 1. The molecule has 1 amide bonds. The number of rotatable bonds is 6. The van der Waals surface area contributed by atoms with E-state index in [1.807, 2.05) is 12.1 Å². The molecule has 20 heavy (non-hydrogen) atoms. The lowest BCUT2D eigenvalue weighted by atomic mass is 10.2. The average molecular weight is 281 g/mol. The number of likely N-dealkylation sites (N-methyl/N-ethyl adjacent to an activating group) is 1. The number of amides is 1. The van der Waals surface area contributed by atoms with Crippen molar-refractivity contribution in [3.63, 3.8) is 0 Å². The van der Waals surface area contributed by atoms with Crippen LogP contribution in [0.5, 0.6) is 0 Å². The number of hydrogen-bond acceptors (Lipinski definition) is 4. The van der Waals surface area contributed by atoms with Crippen LogP contribution in [0.15, 0.2) is 24.5 Å². The second-order valence-corrected chi connectivity index (χ2v) is 4.35. The molecular weight excluding hydrogens is 254 g/mol. The third-order valence-electron chi connectivity index (χ3n) is 2.49. The number of ether oxygens (including phenoxy) is 1. The fraction of sp³-hybridized carbons (Fsp3) is 0.600. The second kappa shape index (κ2) is 12.4. The maximum atomic E-state index is 10.9. The monoisotopic (exact) mass is 281 g/mol. The van der Waals surface area contributed by atoms with Gasteiger partial charge in [-0.05, 0) is 24.2 Å². The molecule has 0 aliphatic rings. The molecule has 1 rings (SSSR count). The van der Waals surface area contributed by atoms with Crippen molar-refractivity contribution in [2.45, 2.75) is 33.7 Å². The summed E-state index contributed by atoms with van der Waals surface area (Å²) < 4.78 is 4.51. The highest BCUT2D eigenvalue weighted by atomic mass is 16.5. The van der Waals surface area contributed by atoms with Crippen molar-refractivity contribution in [2.24, 2.45) is 0 Å². The summed E-state index contributed by atoms with van der Waals surface area (Å²) in [5.41, 5.74) is 1.22. The Labute approximate surface area is 122 Å². The molecule has 1 aromatic heterocycles. The second-order valence-electron chi connectivity index (χ2n) is 4.35. The number of aromatic nitrogens is 1. The van der Waals surface area contributed by atoms with Crippen molar-refractivity contribution in [3.05, 3.63) is 30.1 Å². The van der Waals surface area contributed by atoms with Crippen LogP contribution in [0.1, 0.15) is 32.8 Å². The number of alkyl carbamates (subject to hydrolysis) is 1.